The van der Waals surface area contributed by atoms with E-state index < -0.39 is 0 Å². The molecule has 1 aromatic rings. The van der Waals surface area contributed by atoms with Crippen LogP contribution in [-0.2, 0) is 16.1 Å². The Bertz CT molecular complexity index is 423. The van der Waals surface area contributed by atoms with Crippen molar-refractivity contribution in [3.05, 3.63) is 23.9 Å². The zero-order valence-electron chi connectivity index (χ0n) is 12.4. The second-order valence-electron chi connectivity index (χ2n) is 5.15. The quantitative estimate of drug-likeness (QED) is 0.767. The SMILES string of the molecule is COC(C)CC(C)CCC(=O)Nc1cccc(CO)n1. The Morgan fingerprint density at radius 3 is 2.85 bits per heavy atom. The first kappa shape index (κ1) is 16.6. The number of pyridine rings is 1. The van der Waals surface area contributed by atoms with Gasteiger partial charge in [0, 0.05) is 13.5 Å². The van der Waals surface area contributed by atoms with Crippen molar-refractivity contribution in [2.24, 2.45) is 5.92 Å². The maximum Gasteiger partial charge on any atom is 0.225 e. The van der Waals surface area contributed by atoms with Crippen LogP contribution in [0.4, 0.5) is 5.82 Å². The number of aromatic nitrogens is 1. The molecule has 0 spiro atoms. The summed E-state index contributed by atoms with van der Waals surface area (Å²) in [6.07, 6.45) is 2.44. The van der Waals surface area contributed by atoms with Gasteiger partial charge >= 0.3 is 0 Å². The number of nitrogens with zero attached hydrogens (tertiary/aromatic N) is 1. The number of hydrogen-bond donors (Lipinski definition) is 2. The fourth-order valence-corrected chi connectivity index (χ4v) is 2.00. The number of ether oxygens (including phenoxy) is 1. The predicted molar refractivity (Wildman–Crippen MR) is 78.3 cm³/mol. The molecule has 0 saturated carbocycles. The number of aliphatic hydroxyl groups excluding tert-OH is 1. The molecule has 0 fully saturated rings. The highest BCUT2D eigenvalue weighted by Crippen LogP contribution is 2.15. The summed E-state index contributed by atoms with van der Waals surface area (Å²) >= 11 is 0. The number of methoxy groups -OCH3 is 1. The summed E-state index contributed by atoms with van der Waals surface area (Å²) in [5.41, 5.74) is 0.546. The van der Waals surface area contributed by atoms with Gasteiger partial charge in [-0.05, 0) is 37.8 Å². The monoisotopic (exact) mass is 280 g/mol. The van der Waals surface area contributed by atoms with Gasteiger partial charge in [-0.2, -0.15) is 0 Å². The summed E-state index contributed by atoms with van der Waals surface area (Å²) in [5, 5.41) is 11.7. The minimum absolute atomic E-state index is 0.0514. The van der Waals surface area contributed by atoms with Gasteiger partial charge in [0.25, 0.3) is 0 Å². The molecule has 20 heavy (non-hydrogen) atoms. The van der Waals surface area contributed by atoms with E-state index in [1.807, 2.05) is 6.92 Å². The first-order valence-corrected chi connectivity index (χ1v) is 6.94. The number of hydrogen-bond acceptors (Lipinski definition) is 4. The Hall–Kier alpha value is -1.46. The minimum atomic E-state index is -0.129. The molecule has 5 heteroatoms. The molecule has 0 aromatic carbocycles. The molecule has 2 atom stereocenters. The van der Waals surface area contributed by atoms with E-state index in [0.29, 0.717) is 23.9 Å². The first-order valence-electron chi connectivity index (χ1n) is 6.94. The van der Waals surface area contributed by atoms with Crippen LogP contribution in [-0.4, -0.2) is 29.2 Å². The molecule has 1 aromatic heterocycles. The lowest BCUT2D eigenvalue weighted by Crippen LogP contribution is -2.16. The smallest absolute Gasteiger partial charge is 0.225 e. The van der Waals surface area contributed by atoms with E-state index in [4.69, 9.17) is 9.84 Å². The number of nitrogens with one attached hydrogen (secondary N) is 1. The summed E-state index contributed by atoms with van der Waals surface area (Å²) in [5.74, 6) is 0.872. The van der Waals surface area contributed by atoms with Gasteiger partial charge in [0.05, 0.1) is 18.4 Å². The lowest BCUT2D eigenvalue weighted by Gasteiger charge is -2.15. The number of anilines is 1. The number of aliphatic hydroxyl groups is 1. The van der Waals surface area contributed by atoms with Crippen LogP contribution in [0.3, 0.4) is 0 Å². The highest BCUT2D eigenvalue weighted by atomic mass is 16.5. The summed E-state index contributed by atoms with van der Waals surface area (Å²) in [4.78, 5) is 15.9. The van der Waals surface area contributed by atoms with Crippen molar-refractivity contribution >= 4 is 11.7 Å². The molecule has 0 aliphatic heterocycles. The zero-order chi connectivity index (χ0) is 15.0. The zero-order valence-corrected chi connectivity index (χ0v) is 12.4. The van der Waals surface area contributed by atoms with Gasteiger partial charge in [0.2, 0.25) is 5.91 Å². The summed E-state index contributed by atoms with van der Waals surface area (Å²) < 4.78 is 5.21. The van der Waals surface area contributed by atoms with Crippen molar-refractivity contribution < 1.29 is 14.6 Å². The van der Waals surface area contributed by atoms with Crippen LogP contribution in [0.5, 0.6) is 0 Å². The molecule has 0 aliphatic carbocycles. The maximum atomic E-state index is 11.8. The van der Waals surface area contributed by atoms with Crippen molar-refractivity contribution in [2.45, 2.75) is 45.8 Å². The van der Waals surface area contributed by atoms with Crippen LogP contribution in [0.1, 0.15) is 38.8 Å². The fourth-order valence-electron chi connectivity index (χ4n) is 2.00. The van der Waals surface area contributed by atoms with E-state index in [1.54, 1.807) is 25.3 Å². The predicted octanol–water partition coefficient (Wildman–Crippen LogP) is 2.35. The van der Waals surface area contributed by atoms with Crippen LogP contribution in [0, 0.1) is 5.92 Å². The minimum Gasteiger partial charge on any atom is -0.390 e. The molecule has 1 rings (SSSR count). The Balaban J connectivity index is 2.36. The molecule has 2 N–H and O–H groups in total. The van der Waals surface area contributed by atoms with Crippen LogP contribution in [0.15, 0.2) is 18.2 Å². The Labute approximate surface area is 120 Å². The average molecular weight is 280 g/mol. The van der Waals surface area contributed by atoms with Gasteiger partial charge in [-0.1, -0.05) is 13.0 Å². The molecule has 0 bridgehead atoms. The fraction of sp³-hybridized carbons (Fsp3) is 0.600. The summed E-state index contributed by atoms with van der Waals surface area (Å²) in [6, 6.07) is 5.19. The van der Waals surface area contributed by atoms with E-state index in [-0.39, 0.29) is 18.6 Å². The standard InChI is InChI=1S/C15H24N2O3/c1-11(9-12(2)20-3)7-8-15(19)17-14-6-4-5-13(10-18)16-14/h4-6,11-12,18H,7-10H2,1-3H3,(H,16,17,19). The molecule has 1 heterocycles. The third-order valence-electron chi connectivity index (χ3n) is 3.24. The van der Waals surface area contributed by atoms with E-state index in [1.165, 1.54) is 0 Å². The van der Waals surface area contributed by atoms with Gasteiger partial charge in [0.1, 0.15) is 5.82 Å². The van der Waals surface area contributed by atoms with Gasteiger partial charge in [0.15, 0.2) is 0 Å². The van der Waals surface area contributed by atoms with Crippen LogP contribution < -0.4 is 5.32 Å². The molecule has 0 aliphatic rings. The van der Waals surface area contributed by atoms with E-state index in [0.717, 1.165) is 12.8 Å². The highest BCUT2D eigenvalue weighted by Gasteiger charge is 2.11. The Morgan fingerprint density at radius 1 is 1.45 bits per heavy atom. The lowest BCUT2D eigenvalue weighted by atomic mass is 9.99. The molecule has 5 nitrogen and oxygen atoms in total. The van der Waals surface area contributed by atoms with Crippen molar-refractivity contribution in [3.63, 3.8) is 0 Å². The molecule has 112 valence electrons. The molecule has 1 amide bonds. The number of carbonyl (C=O) groups excluding carboxylic acids is 1. The van der Waals surface area contributed by atoms with E-state index in [2.05, 4.69) is 17.2 Å². The van der Waals surface area contributed by atoms with Crippen molar-refractivity contribution in [2.75, 3.05) is 12.4 Å². The van der Waals surface area contributed by atoms with Crippen molar-refractivity contribution in [1.29, 1.82) is 0 Å². The third-order valence-corrected chi connectivity index (χ3v) is 3.24. The van der Waals surface area contributed by atoms with Crippen molar-refractivity contribution in [1.82, 2.24) is 4.98 Å². The van der Waals surface area contributed by atoms with Crippen LogP contribution >= 0.6 is 0 Å². The summed E-state index contributed by atoms with van der Waals surface area (Å²) in [6.45, 7) is 4.02. The number of carbonyl (C=O) groups is 1. The second-order valence-corrected chi connectivity index (χ2v) is 5.15. The van der Waals surface area contributed by atoms with Gasteiger partial charge in [-0.25, -0.2) is 4.98 Å². The summed E-state index contributed by atoms with van der Waals surface area (Å²) in [7, 11) is 1.70. The van der Waals surface area contributed by atoms with Crippen molar-refractivity contribution in [3.8, 4) is 0 Å². The van der Waals surface area contributed by atoms with Crippen LogP contribution in [0.25, 0.3) is 0 Å². The maximum absolute atomic E-state index is 11.8. The topological polar surface area (TPSA) is 71.5 Å². The number of amides is 1. The van der Waals surface area contributed by atoms with Gasteiger partial charge < -0.3 is 15.2 Å². The van der Waals surface area contributed by atoms with Gasteiger partial charge in [-0.15, -0.1) is 0 Å². The molecule has 0 saturated heterocycles. The Morgan fingerprint density at radius 2 is 2.20 bits per heavy atom. The Kier molecular flexibility index (Phi) is 7.18. The number of rotatable bonds is 8. The average Bonchev–Trinajstić information content (AvgIpc) is 2.45. The second kappa shape index (κ2) is 8.66. The normalized spacial score (nSPS) is 13.8. The molecule has 2 unspecified atom stereocenters. The first-order chi connectivity index (χ1) is 9.55. The molecule has 0 radical (unpaired) electrons. The lowest BCUT2D eigenvalue weighted by molar-refractivity contribution is -0.116. The highest BCUT2D eigenvalue weighted by molar-refractivity contribution is 5.89. The largest absolute Gasteiger partial charge is 0.390 e. The molecular formula is C15H24N2O3. The van der Waals surface area contributed by atoms with Gasteiger partial charge in [-0.3, -0.25) is 4.79 Å². The third kappa shape index (κ3) is 6.12. The molecular weight excluding hydrogens is 256 g/mol. The van der Waals surface area contributed by atoms with E-state index >= 15 is 0 Å². The van der Waals surface area contributed by atoms with E-state index in [9.17, 15) is 4.79 Å². The van der Waals surface area contributed by atoms with Crippen LogP contribution in [0.2, 0.25) is 0 Å².